The number of aryl methyl sites for hydroxylation is 1. The van der Waals surface area contributed by atoms with Crippen molar-refractivity contribution >= 4 is 22.8 Å². The monoisotopic (exact) mass is 438 g/mol. The van der Waals surface area contributed by atoms with Gasteiger partial charge in [0, 0.05) is 24.6 Å². The van der Waals surface area contributed by atoms with Crippen molar-refractivity contribution in [2.45, 2.75) is 39.7 Å². The van der Waals surface area contributed by atoms with E-state index in [4.69, 9.17) is 9.72 Å². The number of hydrogen-bond donors (Lipinski definition) is 0. The summed E-state index contributed by atoms with van der Waals surface area (Å²) >= 11 is 0. The van der Waals surface area contributed by atoms with Gasteiger partial charge in [-0.2, -0.15) is 0 Å². The first-order valence-electron chi connectivity index (χ1n) is 11.7. The molecule has 168 valence electrons. The molecule has 3 aromatic carbocycles. The molecule has 0 aliphatic heterocycles. The molecular weight excluding hydrogens is 408 g/mol. The first kappa shape index (κ1) is 22.5. The zero-order valence-electron chi connectivity index (χ0n) is 19.3. The molecule has 4 nitrogen and oxygen atoms in total. The van der Waals surface area contributed by atoms with E-state index in [-0.39, 0.29) is 5.97 Å². The molecule has 4 rings (SSSR count). The van der Waals surface area contributed by atoms with Crippen LogP contribution < -0.4 is 0 Å². The topological polar surface area (TPSA) is 44.1 Å². The zero-order chi connectivity index (χ0) is 23.0. The Labute approximate surface area is 195 Å². The lowest BCUT2D eigenvalue weighted by Crippen LogP contribution is -2.08. The van der Waals surface area contributed by atoms with E-state index in [2.05, 4.69) is 72.2 Å². The highest BCUT2D eigenvalue weighted by molar-refractivity contribution is 5.98. The SMILES string of the molecule is CCCCc1nc(-c2cccc3ccccc23)c(/C=C/C(=O)OCC)n1Cc1ccccc1. The summed E-state index contributed by atoms with van der Waals surface area (Å²) in [5.74, 6) is 0.691. The molecule has 0 bridgehead atoms. The van der Waals surface area contributed by atoms with Crippen LogP contribution in [-0.2, 0) is 22.5 Å². The molecule has 1 aromatic heterocycles. The van der Waals surface area contributed by atoms with E-state index in [1.807, 2.05) is 25.1 Å². The van der Waals surface area contributed by atoms with E-state index in [1.54, 1.807) is 0 Å². The maximum atomic E-state index is 12.2. The third-order valence-corrected chi connectivity index (χ3v) is 5.73. The Balaban J connectivity index is 1.91. The van der Waals surface area contributed by atoms with Gasteiger partial charge in [0.15, 0.2) is 0 Å². The Bertz CT molecular complexity index is 1250. The second-order valence-corrected chi connectivity index (χ2v) is 8.05. The van der Waals surface area contributed by atoms with Gasteiger partial charge in [0.1, 0.15) is 5.82 Å². The number of hydrogen-bond acceptors (Lipinski definition) is 3. The number of imidazole rings is 1. The van der Waals surface area contributed by atoms with Crippen molar-refractivity contribution in [2.24, 2.45) is 0 Å². The Morgan fingerprint density at radius 2 is 1.73 bits per heavy atom. The predicted molar refractivity (Wildman–Crippen MR) is 135 cm³/mol. The predicted octanol–water partition coefficient (Wildman–Crippen LogP) is 6.67. The summed E-state index contributed by atoms with van der Waals surface area (Å²) in [6, 6.07) is 25.0. The summed E-state index contributed by atoms with van der Waals surface area (Å²) in [6.45, 7) is 5.05. The van der Waals surface area contributed by atoms with Crippen LogP contribution in [0, 0.1) is 0 Å². The Morgan fingerprint density at radius 1 is 0.970 bits per heavy atom. The number of carbonyl (C=O) groups excluding carboxylic acids is 1. The van der Waals surface area contributed by atoms with Crippen LogP contribution in [0.3, 0.4) is 0 Å². The summed E-state index contributed by atoms with van der Waals surface area (Å²) in [4.78, 5) is 17.3. The first-order valence-corrected chi connectivity index (χ1v) is 11.7. The van der Waals surface area contributed by atoms with Crippen molar-refractivity contribution < 1.29 is 9.53 Å². The van der Waals surface area contributed by atoms with Gasteiger partial charge in [-0.3, -0.25) is 0 Å². The number of fused-ring (bicyclic) bond motifs is 1. The number of unbranched alkanes of at least 4 members (excludes halogenated alkanes) is 1. The van der Waals surface area contributed by atoms with Crippen LogP contribution in [0.5, 0.6) is 0 Å². The van der Waals surface area contributed by atoms with Crippen LogP contribution in [0.2, 0.25) is 0 Å². The first-order chi connectivity index (χ1) is 16.2. The number of esters is 1. The van der Waals surface area contributed by atoms with Crippen molar-refractivity contribution in [1.29, 1.82) is 0 Å². The van der Waals surface area contributed by atoms with E-state index < -0.39 is 0 Å². The van der Waals surface area contributed by atoms with Crippen molar-refractivity contribution in [2.75, 3.05) is 6.61 Å². The molecule has 1 heterocycles. The van der Waals surface area contributed by atoms with Gasteiger partial charge in [0.2, 0.25) is 0 Å². The smallest absolute Gasteiger partial charge is 0.330 e. The van der Waals surface area contributed by atoms with Crippen molar-refractivity contribution in [1.82, 2.24) is 9.55 Å². The lowest BCUT2D eigenvalue weighted by Gasteiger charge is -2.11. The maximum Gasteiger partial charge on any atom is 0.330 e. The molecule has 0 atom stereocenters. The van der Waals surface area contributed by atoms with E-state index >= 15 is 0 Å². The second-order valence-electron chi connectivity index (χ2n) is 8.05. The minimum absolute atomic E-state index is 0.344. The molecule has 0 saturated carbocycles. The van der Waals surface area contributed by atoms with Crippen LogP contribution in [0.25, 0.3) is 28.1 Å². The summed E-state index contributed by atoms with van der Waals surface area (Å²) in [7, 11) is 0. The van der Waals surface area contributed by atoms with Crippen LogP contribution >= 0.6 is 0 Å². The van der Waals surface area contributed by atoms with Crippen LogP contribution in [-0.4, -0.2) is 22.1 Å². The van der Waals surface area contributed by atoms with Crippen molar-refractivity contribution in [3.63, 3.8) is 0 Å². The van der Waals surface area contributed by atoms with Crippen LogP contribution in [0.4, 0.5) is 0 Å². The second kappa shape index (κ2) is 10.8. The fourth-order valence-corrected chi connectivity index (χ4v) is 4.12. The van der Waals surface area contributed by atoms with Gasteiger partial charge in [0.05, 0.1) is 18.0 Å². The average Bonchev–Trinajstić information content (AvgIpc) is 3.18. The number of ether oxygens (including phenoxy) is 1. The summed E-state index contributed by atoms with van der Waals surface area (Å²) < 4.78 is 7.40. The molecule has 0 radical (unpaired) electrons. The van der Waals surface area contributed by atoms with Gasteiger partial charge in [0.25, 0.3) is 0 Å². The van der Waals surface area contributed by atoms with E-state index in [9.17, 15) is 4.79 Å². The number of carbonyl (C=O) groups is 1. The number of rotatable bonds is 9. The maximum absolute atomic E-state index is 12.2. The molecule has 0 N–H and O–H groups in total. The number of nitrogens with zero attached hydrogens (tertiary/aromatic N) is 2. The molecule has 4 aromatic rings. The highest BCUT2D eigenvalue weighted by Gasteiger charge is 2.19. The Morgan fingerprint density at radius 3 is 2.52 bits per heavy atom. The molecule has 4 heteroatoms. The molecule has 0 saturated heterocycles. The Hall–Kier alpha value is -3.66. The number of aromatic nitrogens is 2. The van der Waals surface area contributed by atoms with Crippen LogP contribution in [0.1, 0.15) is 43.8 Å². The van der Waals surface area contributed by atoms with Gasteiger partial charge in [-0.15, -0.1) is 0 Å². The molecule has 0 unspecified atom stereocenters. The van der Waals surface area contributed by atoms with Gasteiger partial charge >= 0.3 is 5.97 Å². The summed E-state index contributed by atoms with van der Waals surface area (Å²) in [5.41, 5.74) is 4.09. The van der Waals surface area contributed by atoms with E-state index in [0.29, 0.717) is 13.2 Å². The standard InChI is InChI=1S/C29H30N2O2/c1-3-5-18-27-30-29(25-17-11-15-23-14-9-10-16-24(23)25)26(19-20-28(32)33-4-2)31(27)21-22-12-7-6-8-13-22/h6-17,19-20H,3-5,18,21H2,1-2H3/b20-19+. The van der Waals surface area contributed by atoms with Crippen molar-refractivity contribution in [3.8, 4) is 11.3 Å². The highest BCUT2D eigenvalue weighted by Crippen LogP contribution is 2.32. The minimum Gasteiger partial charge on any atom is -0.463 e. The van der Waals surface area contributed by atoms with Gasteiger partial charge in [-0.1, -0.05) is 86.1 Å². The van der Waals surface area contributed by atoms with Gasteiger partial charge in [-0.25, -0.2) is 9.78 Å². The molecular formula is C29H30N2O2. The number of benzene rings is 3. The molecule has 0 fully saturated rings. The largest absolute Gasteiger partial charge is 0.463 e. The van der Waals surface area contributed by atoms with E-state index in [0.717, 1.165) is 47.4 Å². The minimum atomic E-state index is -0.344. The summed E-state index contributed by atoms with van der Waals surface area (Å²) in [5, 5.41) is 2.32. The lowest BCUT2D eigenvalue weighted by atomic mass is 10.0. The lowest BCUT2D eigenvalue weighted by molar-refractivity contribution is -0.137. The molecule has 0 aliphatic rings. The third-order valence-electron chi connectivity index (χ3n) is 5.73. The van der Waals surface area contributed by atoms with Gasteiger partial charge < -0.3 is 9.30 Å². The molecule has 0 spiro atoms. The normalized spacial score (nSPS) is 11.3. The van der Waals surface area contributed by atoms with Crippen molar-refractivity contribution in [3.05, 3.63) is 96.0 Å². The fourth-order valence-electron chi connectivity index (χ4n) is 4.12. The van der Waals surface area contributed by atoms with Crippen LogP contribution in [0.15, 0.2) is 78.9 Å². The third kappa shape index (κ3) is 5.23. The summed E-state index contributed by atoms with van der Waals surface area (Å²) in [6.07, 6.45) is 6.41. The average molecular weight is 439 g/mol. The van der Waals surface area contributed by atoms with Gasteiger partial charge in [-0.05, 0) is 35.8 Å². The highest BCUT2D eigenvalue weighted by atomic mass is 16.5. The van der Waals surface area contributed by atoms with E-state index in [1.165, 1.54) is 17.0 Å². The fraction of sp³-hybridized carbons (Fsp3) is 0.241. The molecule has 33 heavy (non-hydrogen) atoms. The molecule has 0 aliphatic carbocycles. The zero-order valence-corrected chi connectivity index (χ0v) is 19.3. The molecule has 0 amide bonds. The Kier molecular flexibility index (Phi) is 7.36. The quantitative estimate of drug-likeness (QED) is 0.216.